The van der Waals surface area contributed by atoms with E-state index in [4.69, 9.17) is 10.5 Å². The average molecular weight is 308 g/mol. The Morgan fingerprint density at radius 3 is 3.09 bits per heavy atom. The van der Waals surface area contributed by atoms with E-state index in [0.717, 1.165) is 4.52 Å². The van der Waals surface area contributed by atoms with Crippen LogP contribution in [-0.4, -0.2) is 61.4 Å². The fraction of sp³-hybridized carbons (Fsp3) is 0.500. The van der Waals surface area contributed by atoms with Gasteiger partial charge in [0.25, 0.3) is 11.3 Å². The van der Waals surface area contributed by atoms with Gasteiger partial charge in [0.1, 0.15) is 6.04 Å². The van der Waals surface area contributed by atoms with Crippen molar-refractivity contribution in [3.8, 4) is 0 Å². The van der Waals surface area contributed by atoms with Crippen LogP contribution in [0.5, 0.6) is 0 Å². The number of nitrogen functional groups attached to an aromatic ring is 1. The smallest absolute Gasteiger partial charge is 0.323 e. The zero-order chi connectivity index (χ0) is 15.9. The average Bonchev–Trinajstić information content (AvgIpc) is 3.01. The lowest BCUT2D eigenvalue weighted by Crippen LogP contribution is -2.37. The number of hydrogen-bond donors (Lipinski definition) is 3. The maximum atomic E-state index is 12.0. The number of carbonyl (C=O) groups excluding carboxylic acids is 1. The molecule has 0 bridgehead atoms. The monoisotopic (exact) mass is 308 g/mol. The molecule has 1 aliphatic heterocycles. The highest BCUT2D eigenvalue weighted by Gasteiger charge is 2.36. The number of aromatic nitrogens is 4. The molecule has 0 unspecified atom stereocenters. The molecule has 2 atom stereocenters. The molecular formula is C12H16N6O4. The normalized spacial score (nSPS) is 22.3. The zero-order valence-electron chi connectivity index (χ0n) is 11.9. The molecule has 22 heavy (non-hydrogen) atoms. The first kappa shape index (κ1) is 14.5. The van der Waals surface area contributed by atoms with Gasteiger partial charge in [-0.25, -0.2) is 4.98 Å². The van der Waals surface area contributed by atoms with E-state index in [-0.39, 0.29) is 23.8 Å². The highest BCUT2D eigenvalue weighted by atomic mass is 16.5. The molecule has 3 rings (SSSR count). The molecule has 2 aromatic rings. The largest absolute Gasteiger partial charge is 0.468 e. The quantitative estimate of drug-likeness (QED) is 0.559. The summed E-state index contributed by atoms with van der Waals surface area (Å²) in [6, 6.07) is 0.786. The van der Waals surface area contributed by atoms with Crippen molar-refractivity contribution in [1.29, 1.82) is 0 Å². The van der Waals surface area contributed by atoms with Crippen molar-refractivity contribution >= 4 is 17.7 Å². The first-order chi connectivity index (χ1) is 10.5. The predicted molar refractivity (Wildman–Crippen MR) is 74.9 cm³/mol. The molecule has 4 N–H and O–H groups in total. The Kier molecular flexibility index (Phi) is 3.54. The van der Waals surface area contributed by atoms with E-state index in [1.165, 1.54) is 13.2 Å². The Balaban J connectivity index is 1.88. The summed E-state index contributed by atoms with van der Waals surface area (Å²) in [6.07, 6.45) is -0.321. The van der Waals surface area contributed by atoms with Gasteiger partial charge in [0.05, 0.1) is 18.9 Å². The van der Waals surface area contributed by atoms with Crippen LogP contribution < -0.4 is 11.3 Å². The van der Waals surface area contributed by atoms with Gasteiger partial charge in [-0.1, -0.05) is 0 Å². The summed E-state index contributed by atoms with van der Waals surface area (Å²) in [5.74, 6) is -0.168. The lowest BCUT2D eigenvalue weighted by atomic mass is 10.2. The first-order valence-electron chi connectivity index (χ1n) is 6.72. The van der Waals surface area contributed by atoms with Gasteiger partial charge in [0.15, 0.2) is 0 Å². The summed E-state index contributed by atoms with van der Waals surface area (Å²) in [7, 11) is 1.30. The molecule has 1 saturated heterocycles. The maximum absolute atomic E-state index is 12.0. The number of nitrogens with zero attached hydrogens (tertiary/aromatic N) is 4. The molecule has 2 aromatic heterocycles. The van der Waals surface area contributed by atoms with E-state index < -0.39 is 18.1 Å². The van der Waals surface area contributed by atoms with Gasteiger partial charge in [-0.2, -0.15) is 9.50 Å². The van der Waals surface area contributed by atoms with Crippen LogP contribution in [0.1, 0.15) is 12.1 Å². The summed E-state index contributed by atoms with van der Waals surface area (Å²) in [6.45, 7) is 0.541. The van der Waals surface area contributed by atoms with Crippen LogP contribution in [0.3, 0.4) is 0 Å². The van der Waals surface area contributed by atoms with Crippen molar-refractivity contribution in [1.82, 2.24) is 24.5 Å². The van der Waals surface area contributed by atoms with E-state index in [1.54, 1.807) is 4.90 Å². The summed E-state index contributed by atoms with van der Waals surface area (Å²) in [5, 5.41) is 12.3. The van der Waals surface area contributed by atoms with Gasteiger partial charge >= 0.3 is 5.97 Å². The molecule has 0 radical (unpaired) electrons. The van der Waals surface area contributed by atoms with Gasteiger partial charge in [-0.15, -0.1) is 0 Å². The number of rotatable bonds is 3. The maximum Gasteiger partial charge on any atom is 0.323 e. The SMILES string of the molecule is COC(=O)[C@@H]1C[C@@H](O)CN1Cc1cc(=O)n2[nH]c(N)nc2n1. The fourth-order valence-corrected chi connectivity index (χ4v) is 2.67. The van der Waals surface area contributed by atoms with Crippen LogP contribution >= 0.6 is 0 Å². The fourth-order valence-electron chi connectivity index (χ4n) is 2.67. The topological polar surface area (TPSA) is 139 Å². The molecule has 0 saturated carbocycles. The third-order valence-corrected chi connectivity index (χ3v) is 3.62. The number of likely N-dealkylation sites (tertiary alicyclic amines) is 1. The van der Waals surface area contributed by atoms with Crippen molar-refractivity contribution in [2.24, 2.45) is 0 Å². The highest BCUT2D eigenvalue weighted by molar-refractivity contribution is 5.76. The number of carbonyl (C=O) groups is 1. The van der Waals surface area contributed by atoms with Crippen LogP contribution in [0.15, 0.2) is 10.9 Å². The minimum atomic E-state index is -0.616. The molecule has 0 aromatic carbocycles. The van der Waals surface area contributed by atoms with E-state index in [1.807, 2.05) is 0 Å². The Morgan fingerprint density at radius 1 is 1.59 bits per heavy atom. The second kappa shape index (κ2) is 5.39. The minimum absolute atomic E-state index is 0.0887. The van der Waals surface area contributed by atoms with Crippen molar-refractivity contribution in [3.63, 3.8) is 0 Å². The molecule has 0 aliphatic carbocycles. The van der Waals surface area contributed by atoms with Crippen LogP contribution in [0.4, 0.5) is 5.95 Å². The van der Waals surface area contributed by atoms with Crippen molar-refractivity contribution in [2.45, 2.75) is 25.1 Å². The molecular weight excluding hydrogens is 292 g/mol. The number of fused-ring (bicyclic) bond motifs is 1. The van der Waals surface area contributed by atoms with Crippen molar-refractivity contribution in [2.75, 3.05) is 19.4 Å². The number of esters is 1. The van der Waals surface area contributed by atoms with Crippen LogP contribution in [0, 0.1) is 0 Å². The van der Waals surface area contributed by atoms with Gasteiger partial charge in [-0.3, -0.25) is 19.6 Å². The second-order valence-corrected chi connectivity index (χ2v) is 5.19. The third kappa shape index (κ3) is 2.53. The van der Waals surface area contributed by atoms with Gasteiger partial charge in [-0.05, 0) is 0 Å². The molecule has 10 nitrogen and oxygen atoms in total. The Labute approximate surface area is 124 Å². The Bertz CT molecular complexity index is 769. The van der Waals surface area contributed by atoms with Crippen molar-refractivity contribution in [3.05, 3.63) is 22.1 Å². The lowest BCUT2D eigenvalue weighted by Gasteiger charge is -2.21. The lowest BCUT2D eigenvalue weighted by molar-refractivity contribution is -0.146. The van der Waals surface area contributed by atoms with Gasteiger partial charge in [0, 0.05) is 25.6 Å². The number of nitrogens with one attached hydrogen (secondary N) is 1. The Hall–Kier alpha value is -2.46. The standard InChI is InChI=1S/C12H16N6O4/c1-22-10(21)8-3-7(19)5-17(8)4-6-2-9(20)18-12(14-6)15-11(13)16-18/h2,7-8,19H,3-5H2,1H3,(H3,13,14,15,16)/t7-,8+/m1/s1. The molecule has 118 valence electrons. The van der Waals surface area contributed by atoms with Gasteiger partial charge in [0.2, 0.25) is 5.95 Å². The van der Waals surface area contributed by atoms with Crippen LogP contribution in [-0.2, 0) is 16.1 Å². The number of aliphatic hydroxyl groups is 1. The van der Waals surface area contributed by atoms with Crippen molar-refractivity contribution < 1.29 is 14.6 Å². The number of H-pyrrole nitrogens is 1. The second-order valence-electron chi connectivity index (χ2n) is 5.19. The molecule has 1 aliphatic rings. The highest BCUT2D eigenvalue weighted by Crippen LogP contribution is 2.20. The minimum Gasteiger partial charge on any atom is -0.468 e. The van der Waals surface area contributed by atoms with Gasteiger partial charge < -0.3 is 15.6 Å². The van der Waals surface area contributed by atoms with E-state index >= 15 is 0 Å². The first-order valence-corrected chi connectivity index (χ1v) is 6.72. The molecule has 0 amide bonds. The van der Waals surface area contributed by atoms with Crippen LogP contribution in [0.2, 0.25) is 0 Å². The molecule has 3 heterocycles. The number of aliphatic hydroxyl groups excluding tert-OH is 1. The summed E-state index contributed by atoms with van der Waals surface area (Å²) < 4.78 is 5.87. The zero-order valence-corrected chi connectivity index (χ0v) is 11.9. The number of anilines is 1. The molecule has 10 heteroatoms. The summed E-state index contributed by atoms with van der Waals surface area (Å²) >= 11 is 0. The number of methoxy groups -OCH3 is 1. The predicted octanol–water partition coefficient (Wildman–Crippen LogP) is -1.89. The van der Waals surface area contributed by atoms with E-state index in [2.05, 4.69) is 15.1 Å². The third-order valence-electron chi connectivity index (χ3n) is 3.62. The number of ether oxygens (including phenoxy) is 1. The number of aromatic amines is 1. The number of hydrogen-bond acceptors (Lipinski definition) is 8. The number of nitrogens with two attached hydrogens (primary N) is 1. The molecule has 1 fully saturated rings. The summed E-state index contributed by atoms with van der Waals surface area (Å²) in [5.41, 5.74) is 5.60. The van der Waals surface area contributed by atoms with E-state index in [9.17, 15) is 14.7 Å². The number of β-amino-alcohol motifs (C(OH)–C–C–N with tert-alkyl or cyclic N) is 1. The molecule has 0 spiro atoms. The summed E-state index contributed by atoms with van der Waals surface area (Å²) in [4.78, 5) is 33.6. The Morgan fingerprint density at radius 2 is 2.36 bits per heavy atom. The van der Waals surface area contributed by atoms with Crippen LogP contribution in [0.25, 0.3) is 5.78 Å². The van der Waals surface area contributed by atoms with E-state index in [0.29, 0.717) is 18.7 Å².